The molecule has 80 heavy (non-hydrogen) atoms. The molecule has 1 fully saturated rings. The minimum absolute atomic E-state index is 0.0717. The van der Waals surface area contributed by atoms with Crippen LogP contribution in [0, 0.1) is 0 Å². The molecule has 0 radical (unpaired) electrons. The summed E-state index contributed by atoms with van der Waals surface area (Å²) in [5, 5.41) is 10.9. The van der Waals surface area contributed by atoms with Crippen molar-refractivity contribution in [1.82, 2.24) is 49.7 Å². The fourth-order valence-corrected chi connectivity index (χ4v) is 50.3. The Balaban J connectivity index is 0.000000147. The van der Waals surface area contributed by atoms with Crippen LogP contribution in [0.4, 0.5) is 23.3 Å². The first-order chi connectivity index (χ1) is 38.5. The molecule has 10 aromatic rings. The number of ether oxygens (including phenoxy) is 4. The Bertz CT molecular complexity index is 3690. The minimum Gasteiger partial charge on any atom is -0.497 e. The number of aromatic nitrogens is 8. The predicted octanol–water partition coefficient (Wildman–Crippen LogP) is 12.2. The number of fused-ring (bicyclic) bond motifs is 2. The van der Waals surface area contributed by atoms with Crippen LogP contribution in [0.15, 0.2) is 158 Å². The Morgan fingerprint density at radius 3 is 1.31 bits per heavy atom. The molecular weight excluding hydrogens is 1140 g/mol. The number of pyridine rings is 2. The summed E-state index contributed by atoms with van der Waals surface area (Å²) in [4.78, 5) is 49.3. The molecule has 4 N–H and O–H groups in total. The lowest BCUT2D eigenvalue weighted by molar-refractivity contribution is 0.0823. The zero-order valence-electron chi connectivity index (χ0n) is 44.6. The van der Waals surface area contributed by atoms with Gasteiger partial charge >= 0.3 is 0 Å². The van der Waals surface area contributed by atoms with E-state index in [1.807, 2.05) is 132 Å². The van der Waals surface area contributed by atoms with Crippen molar-refractivity contribution in [3.63, 3.8) is 0 Å². The van der Waals surface area contributed by atoms with E-state index < -0.39 is 8.88 Å². The highest BCUT2D eigenvalue weighted by atomic mass is 33.7. The van der Waals surface area contributed by atoms with Gasteiger partial charge in [-0.15, -0.1) is 0 Å². The molecular formula is C56H54N12O5P2S5. The molecule has 0 saturated carbocycles. The number of hydrogen-bond donors (Lipinski definition) is 4. The van der Waals surface area contributed by atoms with Crippen molar-refractivity contribution >= 4 is 133 Å². The van der Waals surface area contributed by atoms with Gasteiger partial charge in [-0.05, 0) is 121 Å². The maximum atomic E-state index is 12.2. The first kappa shape index (κ1) is 57.3. The monoisotopic (exact) mass is 1200 g/mol. The third-order valence-corrected chi connectivity index (χ3v) is 43.8. The molecule has 0 atom stereocenters. The minimum atomic E-state index is -1.66. The number of hydrogen-bond acceptors (Lipinski definition) is 18. The zero-order valence-corrected chi connectivity index (χ0v) is 50.4. The Kier molecular flexibility index (Phi) is 18.2. The average Bonchev–Trinajstić information content (AvgIpc) is 4.15. The van der Waals surface area contributed by atoms with E-state index in [1.165, 1.54) is 15.5 Å². The van der Waals surface area contributed by atoms with Gasteiger partial charge in [0.2, 0.25) is 11.9 Å². The van der Waals surface area contributed by atoms with Crippen LogP contribution < -0.4 is 40.2 Å². The van der Waals surface area contributed by atoms with Gasteiger partial charge in [-0.1, -0.05) is 57.8 Å². The van der Waals surface area contributed by atoms with Crippen molar-refractivity contribution in [3.8, 4) is 45.8 Å². The van der Waals surface area contributed by atoms with E-state index in [-0.39, 0.29) is 5.91 Å². The molecule has 6 aromatic heterocycles. The van der Waals surface area contributed by atoms with E-state index in [4.69, 9.17) is 54.8 Å². The first-order valence-corrected chi connectivity index (χ1v) is 34.4. The molecule has 17 nitrogen and oxygen atoms in total. The lowest BCUT2D eigenvalue weighted by Crippen LogP contribution is -2.21. The summed E-state index contributed by atoms with van der Waals surface area (Å²) in [7, 11) is 13.9. The summed E-state index contributed by atoms with van der Waals surface area (Å²) in [6.07, 6.45) is 6.75. The predicted molar refractivity (Wildman–Crippen MR) is 339 cm³/mol. The maximum absolute atomic E-state index is 12.2. The van der Waals surface area contributed by atoms with E-state index in [2.05, 4.69) is 74.8 Å². The SMILES string of the molecule is COc1ccc(P2(=S)SP(=S)(c3ccc(OC)cc3)S2)cc1.COc1ccnc(-c2ccnc(Nc3ccc4[nH]c(C(=O)N(C)C)cc4c3)n2)c1.COc1ccnc(-c2ccnc(Nc3ccc4[nH]c(C(=S)N(C)C)cc4c3)n2)c1. The lowest BCUT2D eigenvalue weighted by Gasteiger charge is -2.40. The van der Waals surface area contributed by atoms with E-state index in [9.17, 15) is 4.79 Å². The molecule has 408 valence electrons. The number of nitrogens with one attached hydrogen (secondary N) is 4. The Labute approximate surface area is 486 Å². The first-order valence-electron chi connectivity index (χ1n) is 24.4. The van der Waals surface area contributed by atoms with Gasteiger partial charge in [0.25, 0.3) is 5.91 Å². The topological polar surface area (TPSA) is 193 Å². The molecule has 1 saturated heterocycles. The summed E-state index contributed by atoms with van der Waals surface area (Å²) in [6.45, 7) is 0. The smallest absolute Gasteiger partial charge is 0.269 e. The number of methoxy groups -OCH3 is 4. The third kappa shape index (κ3) is 13.6. The third-order valence-electron chi connectivity index (χ3n) is 12.0. The van der Waals surface area contributed by atoms with Crippen LogP contribution in [0.1, 0.15) is 16.2 Å². The standard InChI is InChI=1S/C21H20N6O2.C21H20N6OS.C14H14O2P2S4/c1-27(2)20(28)19-11-13-10-14(4-5-16(13)25-19)24-21-23-9-7-17(26-21)18-12-15(29-3)6-8-22-18;1-27(2)20(29)19-11-13-10-14(4-5-16(13)25-19)24-21-23-9-7-17(26-21)18-12-15(28-3)6-8-22-18;1-15-11-3-7-13(8-4-11)17(19)21-18(20,22-17)14-9-5-12(16-2)6-10-14/h2*4-12,25H,1-3H3,(H,23,24,26);3-10H,1-2H3. The fourth-order valence-electron chi connectivity index (χ4n) is 7.88. The molecule has 11 rings (SSSR count). The highest BCUT2D eigenvalue weighted by Gasteiger charge is 2.46. The molecule has 4 aromatic carbocycles. The van der Waals surface area contributed by atoms with Gasteiger partial charge < -0.3 is 49.3 Å². The lowest BCUT2D eigenvalue weighted by atomic mass is 10.2. The van der Waals surface area contributed by atoms with Crippen LogP contribution in [0.25, 0.3) is 44.6 Å². The number of aromatic amines is 2. The Hall–Kier alpha value is -7.42. The van der Waals surface area contributed by atoms with Crippen molar-refractivity contribution in [2.24, 2.45) is 0 Å². The highest BCUT2D eigenvalue weighted by Crippen LogP contribution is 3.04. The number of amides is 1. The number of carbonyl (C=O) groups is 1. The molecule has 0 bridgehead atoms. The number of H-pyrrole nitrogens is 2. The van der Waals surface area contributed by atoms with Gasteiger partial charge in [-0.3, -0.25) is 14.8 Å². The summed E-state index contributed by atoms with van der Waals surface area (Å²) in [6, 6.07) is 42.7. The van der Waals surface area contributed by atoms with Gasteiger partial charge in [-0.2, -0.15) is 0 Å². The van der Waals surface area contributed by atoms with Crippen LogP contribution in [0.5, 0.6) is 23.0 Å². The second kappa shape index (κ2) is 25.4. The largest absolute Gasteiger partial charge is 0.497 e. The molecule has 1 amide bonds. The summed E-state index contributed by atoms with van der Waals surface area (Å²) in [5.74, 6) is 4.03. The molecule has 24 heteroatoms. The fraction of sp³-hybridized carbons (Fsp3) is 0.143. The van der Waals surface area contributed by atoms with Crippen molar-refractivity contribution in [2.75, 3.05) is 67.3 Å². The van der Waals surface area contributed by atoms with Gasteiger partial charge in [0.1, 0.15) is 33.7 Å². The molecule has 1 aliphatic heterocycles. The second-order valence-electron chi connectivity index (χ2n) is 17.9. The van der Waals surface area contributed by atoms with E-state index in [1.54, 1.807) is 85.5 Å². The average molecular weight is 1200 g/mol. The van der Waals surface area contributed by atoms with Crippen LogP contribution in [-0.2, 0) is 23.6 Å². The van der Waals surface area contributed by atoms with Crippen molar-refractivity contribution in [1.29, 1.82) is 0 Å². The number of rotatable bonds is 14. The molecule has 1 aliphatic rings. The van der Waals surface area contributed by atoms with Gasteiger partial charge in [-0.25, -0.2) is 19.9 Å². The number of carbonyl (C=O) groups excluding carboxylic acids is 1. The summed E-state index contributed by atoms with van der Waals surface area (Å²) >= 11 is 21.0. The molecule has 7 heterocycles. The summed E-state index contributed by atoms with van der Waals surface area (Å²) < 4.78 is 17.6. The van der Waals surface area contributed by atoms with E-state index >= 15 is 0 Å². The number of nitrogens with zero attached hydrogens (tertiary/aromatic N) is 8. The number of thiocarbonyl (C=S) groups is 1. The molecule has 0 spiro atoms. The molecule has 0 unspecified atom stereocenters. The van der Waals surface area contributed by atoms with Gasteiger partial charge in [0.05, 0.1) is 65.8 Å². The second-order valence-corrected chi connectivity index (χ2v) is 39.5. The van der Waals surface area contributed by atoms with Gasteiger partial charge in [0, 0.05) is 109 Å². The van der Waals surface area contributed by atoms with E-state index in [0.29, 0.717) is 40.4 Å². The van der Waals surface area contributed by atoms with E-state index in [0.717, 1.165) is 66.8 Å². The number of anilines is 4. The Morgan fingerprint density at radius 1 is 0.487 bits per heavy atom. The zero-order chi connectivity index (χ0) is 56.6. The normalized spacial score (nSPS) is 15.2. The van der Waals surface area contributed by atoms with Crippen LogP contribution in [-0.4, -0.2) is 117 Å². The number of benzene rings is 4. The summed E-state index contributed by atoms with van der Waals surface area (Å²) in [5.41, 5.74) is 7.88. The van der Waals surface area contributed by atoms with Crippen LogP contribution in [0.3, 0.4) is 0 Å². The molecule has 0 aliphatic carbocycles. The highest BCUT2D eigenvalue weighted by molar-refractivity contribution is 9.48. The van der Waals surface area contributed by atoms with Gasteiger partial charge in [0.15, 0.2) is 0 Å². The quantitative estimate of drug-likeness (QED) is 0.0593. The van der Waals surface area contributed by atoms with Crippen LogP contribution >= 0.6 is 43.1 Å². The van der Waals surface area contributed by atoms with Crippen LogP contribution in [0.2, 0.25) is 0 Å². The maximum Gasteiger partial charge on any atom is 0.269 e. The Morgan fingerprint density at radius 2 is 0.900 bits per heavy atom. The van der Waals surface area contributed by atoms with Crippen molar-refractivity contribution in [3.05, 3.63) is 170 Å². The van der Waals surface area contributed by atoms with Crippen molar-refractivity contribution in [2.45, 2.75) is 0 Å². The van der Waals surface area contributed by atoms with Crippen molar-refractivity contribution < 1.29 is 23.7 Å².